The Labute approximate surface area is 135 Å². The van der Waals surface area contributed by atoms with Crippen molar-refractivity contribution >= 4 is 5.91 Å². The molecule has 1 unspecified atom stereocenters. The van der Waals surface area contributed by atoms with Crippen LogP contribution in [-0.4, -0.2) is 62.5 Å². The van der Waals surface area contributed by atoms with Gasteiger partial charge in [-0.05, 0) is 18.6 Å². The molecule has 0 bridgehead atoms. The largest absolute Gasteiger partial charge is 0.486 e. The summed E-state index contributed by atoms with van der Waals surface area (Å²) in [5.74, 6) is 1.18. The summed E-state index contributed by atoms with van der Waals surface area (Å²) in [5, 5.41) is 0. The lowest BCUT2D eigenvalue weighted by atomic mass is 9.84. The molecule has 1 aromatic rings. The third kappa shape index (κ3) is 2.56. The van der Waals surface area contributed by atoms with Crippen LogP contribution in [0.3, 0.4) is 0 Å². The van der Waals surface area contributed by atoms with Gasteiger partial charge in [0.15, 0.2) is 11.5 Å². The molecule has 0 saturated carbocycles. The highest BCUT2D eigenvalue weighted by Gasteiger charge is 2.50. The molecule has 23 heavy (non-hydrogen) atoms. The molecule has 3 aliphatic heterocycles. The Morgan fingerprint density at radius 2 is 2.09 bits per heavy atom. The fourth-order valence-electron chi connectivity index (χ4n) is 3.61. The van der Waals surface area contributed by atoms with E-state index in [1.807, 2.05) is 17.0 Å². The Kier molecular flexibility index (Phi) is 3.66. The summed E-state index contributed by atoms with van der Waals surface area (Å²) in [7, 11) is 1.73. The van der Waals surface area contributed by atoms with Crippen molar-refractivity contribution < 1.29 is 23.7 Å². The predicted molar refractivity (Wildman–Crippen MR) is 82.0 cm³/mol. The molecule has 124 valence electrons. The van der Waals surface area contributed by atoms with Gasteiger partial charge in [0.2, 0.25) is 0 Å². The molecule has 3 aliphatic rings. The minimum Gasteiger partial charge on any atom is -0.486 e. The van der Waals surface area contributed by atoms with E-state index in [2.05, 4.69) is 0 Å². The van der Waals surface area contributed by atoms with Gasteiger partial charge in [-0.15, -0.1) is 0 Å². The zero-order chi connectivity index (χ0) is 15.9. The first kappa shape index (κ1) is 14.8. The first-order chi connectivity index (χ1) is 11.2. The van der Waals surface area contributed by atoms with Crippen molar-refractivity contribution in [1.82, 2.24) is 4.90 Å². The zero-order valence-electron chi connectivity index (χ0n) is 13.2. The Hall–Kier alpha value is -1.79. The summed E-state index contributed by atoms with van der Waals surface area (Å²) in [4.78, 5) is 14.6. The lowest BCUT2D eigenvalue weighted by molar-refractivity contribution is -0.181. The van der Waals surface area contributed by atoms with E-state index in [1.165, 1.54) is 0 Å². The number of ether oxygens (including phenoxy) is 4. The summed E-state index contributed by atoms with van der Waals surface area (Å²) in [5.41, 5.74) is 0.331. The van der Waals surface area contributed by atoms with E-state index in [0.29, 0.717) is 50.0 Å². The highest BCUT2D eigenvalue weighted by atomic mass is 16.6. The average Bonchev–Trinajstić information content (AvgIpc) is 2.58. The molecular formula is C17H21NO5. The molecule has 0 N–H and O–H groups in total. The van der Waals surface area contributed by atoms with Gasteiger partial charge in [-0.3, -0.25) is 4.79 Å². The second-order valence-corrected chi connectivity index (χ2v) is 6.37. The molecule has 0 radical (unpaired) electrons. The first-order valence-electron chi connectivity index (χ1n) is 8.05. The van der Waals surface area contributed by atoms with Crippen LogP contribution >= 0.6 is 0 Å². The number of rotatable bonds is 2. The SMILES string of the molecule is COC1CCOC2(C1)CN(C(=O)c1cccc3c1OCCO3)C2. The molecular weight excluding hydrogens is 298 g/mol. The van der Waals surface area contributed by atoms with Crippen LogP contribution in [0.15, 0.2) is 18.2 Å². The summed E-state index contributed by atoms with van der Waals surface area (Å²) >= 11 is 0. The molecule has 1 aromatic carbocycles. The van der Waals surface area contributed by atoms with Crippen molar-refractivity contribution in [1.29, 1.82) is 0 Å². The van der Waals surface area contributed by atoms with Gasteiger partial charge in [-0.1, -0.05) is 6.07 Å². The van der Waals surface area contributed by atoms with Crippen molar-refractivity contribution in [3.8, 4) is 11.5 Å². The first-order valence-corrected chi connectivity index (χ1v) is 8.05. The van der Waals surface area contributed by atoms with Crippen molar-refractivity contribution in [3.63, 3.8) is 0 Å². The van der Waals surface area contributed by atoms with Gasteiger partial charge in [-0.2, -0.15) is 0 Å². The lowest BCUT2D eigenvalue weighted by Gasteiger charge is -2.52. The van der Waals surface area contributed by atoms with E-state index in [0.717, 1.165) is 12.8 Å². The molecule has 3 heterocycles. The van der Waals surface area contributed by atoms with E-state index in [4.69, 9.17) is 18.9 Å². The van der Waals surface area contributed by atoms with Crippen LogP contribution in [0.1, 0.15) is 23.2 Å². The highest BCUT2D eigenvalue weighted by molar-refractivity contribution is 5.98. The normalized spacial score (nSPS) is 25.1. The smallest absolute Gasteiger partial charge is 0.257 e. The maximum Gasteiger partial charge on any atom is 0.257 e. The van der Waals surface area contributed by atoms with Gasteiger partial charge in [-0.25, -0.2) is 0 Å². The van der Waals surface area contributed by atoms with Gasteiger partial charge >= 0.3 is 0 Å². The van der Waals surface area contributed by atoms with Gasteiger partial charge in [0.1, 0.15) is 18.8 Å². The number of likely N-dealkylation sites (tertiary alicyclic amines) is 1. The van der Waals surface area contributed by atoms with Crippen LogP contribution in [0.5, 0.6) is 11.5 Å². The van der Waals surface area contributed by atoms with Gasteiger partial charge in [0.25, 0.3) is 5.91 Å². The van der Waals surface area contributed by atoms with Crippen LogP contribution in [0.2, 0.25) is 0 Å². The molecule has 0 aromatic heterocycles. The summed E-state index contributed by atoms with van der Waals surface area (Å²) in [6.45, 7) is 2.90. The van der Waals surface area contributed by atoms with Crippen LogP contribution in [0, 0.1) is 0 Å². The number of hydrogen-bond donors (Lipinski definition) is 0. The van der Waals surface area contributed by atoms with E-state index < -0.39 is 0 Å². The molecule has 1 amide bonds. The van der Waals surface area contributed by atoms with Gasteiger partial charge in [0.05, 0.1) is 24.8 Å². The average molecular weight is 319 g/mol. The molecule has 1 atom stereocenters. The zero-order valence-corrected chi connectivity index (χ0v) is 13.2. The minimum absolute atomic E-state index is 0.0267. The van der Waals surface area contributed by atoms with Crippen molar-refractivity contribution in [3.05, 3.63) is 23.8 Å². The van der Waals surface area contributed by atoms with Crippen molar-refractivity contribution in [2.24, 2.45) is 0 Å². The van der Waals surface area contributed by atoms with Gasteiger partial charge < -0.3 is 23.8 Å². The molecule has 6 heteroatoms. The molecule has 2 saturated heterocycles. The Morgan fingerprint density at radius 3 is 2.91 bits per heavy atom. The monoisotopic (exact) mass is 319 g/mol. The quantitative estimate of drug-likeness (QED) is 0.826. The third-order valence-corrected chi connectivity index (χ3v) is 4.82. The number of hydrogen-bond acceptors (Lipinski definition) is 5. The van der Waals surface area contributed by atoms with Crippen molar-refractivity contribution in [2.75, 3.05) is 40.0 Å². The maximum atomic E-state index is 12.8. The number of carbonyl (C=O) groups excluding carboxylic acids is 1. The second-order valence-electron chi connectivity index (χ2n) is 6.37. The van der Waals surface area contributed by atoms with E-state index in [-0.39, 0.29) is 17.6 Å². The molecule has 6 nitrogen and oxygen atoms in total. The third-order valence-electron chi connectivity index (χ3n) is 4.82. The summed E-state index contributed by atoms with van der Waals surface area (Å²) < 4.78 is 22.6. The Morgan fingerprint density at radius 1 is 1.26 bits per heavy atom. The number of amides is 1. The number of benzene rings is 1. The van der Waals surface area contributed by atoms with E-state index in [9.17, 15) is 4.79 Å². The minimum atomic E-state index is -0.235. The number of fused-ring (bicyclic) bond motifs is 1. The Balaban J connectivity index is 1.48. The molecule has 1 spiro atoms. The topological polar surface area (TPSA) is 57.2 Å². The fraction of sp³-hybridized carbons (Fsp3) is 0.588. The molecule has 2 fully saturated rings. The maximum absolute atomic E-state index is 12.8. The van der Waals surface area contributed by atoms with Crippen LogP contribution in [0.25, 0.3) is 0 Å². The van der Waals surface area contributed by atoms with Crippen molar-refractivity contribution in [2.45, 2.75) is 24.5 Å². The molecule has 0 aliphatic carbocycles. The van der Waals surface area contributed by atoms with Gasteiger partial charge in [0, 0.05) is 20.1 Å². The Bertz CT molecular complexity index is 611. The highest BCUT2D eigenvalue weighted by Crippen LogP contribution is 2.39. The summed E-state index contributed by atoms with van der Waals surface area (Å²) in [6, 6.07) is 5.45. The number of nitrogens with zero attached hydrogens (tertiary/aromatic N) is 1. The fourth-order valence-corrected chi connectivity index (χ4v) is 3.61. The number of carbonyl (C=O) groups is 1. The predicted octanol–water partition coefficient (Wildman–Crippen LogP) is 1.48. The van der Waals surface area contributed by atoms with E-state index >= 15 is 0 Å². The number of para-hydroxylation sites is 1. The van der Waals surface area contributed by atoms with E-state index in [1.54, 1.807) is 13.2 Å². The van der Waals surface area contributed by atoms with Crippen LogP contribution in [0.4, 0.5) is 0 Å². The van der Waals surface area contributed by atoms with Crippen LogP contribution < -0.4 is 9.47 Å². The van der Waals surface area contributed by atoms with Crippen LogP contribution in [-0.2, 0) is 9.47 Å². The molecule has 4 rings (SSSR count). The number of methoxy groups -OCH3 is 1. The lowest BCUT2D eigenvalue weighted by Crippen LogP contribution is -2.67. The second kappa shape index (κ2) is 5.69. The summed E-state index contributed by atoms with van der Waals surface area (Å²) in [6.07, 6.45) is 1.99. The standard InChI is InChI=1S/C17H21NO5/c1-20-12-5-6-23-17(9-12)10-18(11-17)16(19)13-3-2-4-14-15(13)22-8-7-21-14/h2-4,12H,5-11H2,1H3.